The summed E-state index contributed by atoms with van der Waals surface area (Å²) in [6.07, 6.45) is 4.26. The lowest BCUT2D eigenvalue weighted by molar-refractivity contribution is 0.461. The van der Waals surface area contributed by atoms with Gasteiger partial charge in [0.15, 0.2) is 11.8 Å². The maximum atomic E-state index is 4.74. The normalized spacial score (nSPS) is 13.5. The Bertz CT molecular complexity index is 688. The SMILES string of the molecule is CCNC(=NCc1nnc2n1CCC2)N(C)Cc1cccn1C.I. The number of hydrogen-bond donors (Lipinski definition) is 1. The van der Waals surface area contributed by atoms with Crippen LogP contribution in [0.1, 0.15) is 30.7 Å². The van der Waals surface area contributed by atoms with Crippen LogP contribution in [0.2, 0.25) is 0 Å². The molecule has 0 atom stereocenters. The Morgan fingerprint density at radius 2 is 2.25 bits per heavy atom. The van der Waals surface area contributed by atoms with Crippen molar-refractivity contribution in [3.63, 3.8) is 0 Å². The highest BCUT2D eigenvalue weighted by Gasteiger charge is 2.17. The van der Waals surface area contributed by atoms with Crippen molar-refractivity contribution in [3.8, 4) is 0 Å². The van der Waals surface area contributed by atoms with Crippen LogP contribution in [0.25, 0.3) is 0 Å². The summed E-state index contributed by atoms with van der Waals surface area (Å²) < 4.78 is 4.33. The highest BCUT2D eigenvalue weighted by molar-refractivity contribution is 14.0. The quantitative estimate of drug-likeness (QED) is 0.435. The first kappa shape index (κ1) is 18.8. The predicted molar refractivity (Wildman–Crippen MR) is 105 cm³/mol. The van der Waals surface area contributed by atoms with Gasteiger partial charge in [-0.05, 0) is 25.5 Å². The first-order valence-electron chi connectivity index (χ1n) is 8.19. The van der Waals surface area contributed by atoms with Gasteiger partial charge in [0, 0.05) is 45.5 Å². The molecule has 0 saturated carbocycles. The van der Waals surface area contributed by atoms with E-state index < -0.39 is 0 Å². The first-order valence-corrected chi connectivity index (χ1v) is 8.19. The molecule has 3 heterocycles. The Balaban J connectivity index is 0.00000208. The Kier molecular flexibility index (Phi) is 6.64. The zero-order valence-electron chi connectivity index (χ0n) is 14.6. The number of fused-ring (bicyclic) bond motifs is 1. The molecule has 0 aliphatic carbocycles. The van der Waals surface area contributed by atoms with Crippen molar-refractivity contribution in [1.82, 2.24) is 29.5 Å². The van der Waals surface area contributed by atoms with E-state index >= 15 is 0 Å². The summed E-state index contributed by atoms with van der Waals surface area (Å²) in [5.41, 5.74) is 1.25. The minimum Gasteiger partial charge on any atom is -0.357 e. The van der Waals surface area contributed by atoms with Crippen molar-refractivity contribution in [3.05, 3.63) is 35.7 Å². The molecule has 1 N–H and O–H groups in total. The van der Waals surface area contributed by atoms with Gasteiger partial charge in [-0.1, -0.05) is 0 Å². The van der Waals surface area contributed by atoms with Gasteiger partial charge < -0.3 is 19.4 Å². The van der Waals surface area contributed by atoms with Gasteiger partial charge in [-0.2, -0.15) is 0 Å². The molecule has 3 rings (SSSR count). The Morgan fingerprint density at radius 3 is 2.96 bits per heavy atom. The summed E-state index contributed by atoms with van der Waals surface area (Å²) >= 11 is 0. The molecule has 24 heavy (non-hydrogen) atoms. The molecule has 2 aromatic rings. The minimum absolute atomic E-state index is 0. The van der Waals surface area contributed by atoms with Crippen molar-refractivity contribution in [2.75, 3.05) is 13.6 Å². The van der Waals surface area contributed by atoms with Crippen molar-refractivity contribution in [1.29, 1.82) is 0 Å². The monoisotopic (exact) mass is 443 g/mol. The fourth-order valence-electron chi connectivity index (χ4n) is 2.92. The summed E-state index contributed by atoms with van der Waals surface area (Å²) in [6, 6.07) is 4.19. The third-order valence-corrected chi connectivity index (χ3v) is 4.20. The van der Waals surface area contributed by atoms with Crippen molar-refractivity contribution < 1.29 is 0 Å². The van der Waals surface area contributed by atoms with Gasteiger partial charge in [-0.15, -0.1) is 34.2 Å². The Hall–Kier alpha value is -1.58. The fourth-order valence-corrected chi connectivity index (χ4v) is 2.92. The number of nitrogens with zero attached hydrogens (tertiary/aromatic N) is 6. The molecular formula is C16H26IN7. The van der Waals surface area contributed by atoms with E-state index in [2.05, 4.69) is 68.9 Å². The van der Waals surface area contributed by atoms with Gasteiger partial charge in [-0.25, -0.2) is 4.99 Å². The summed E-state index contributed by atoms with van der Waals surface area (Å²) in [4.78, 5) is 6.88. The summed E-state index contributed by atoms with van der Waals surface area (Å²) in [5, 5.41) is 11.9. The topological polar surface area (TPSA) is 63.3 Å². The second kappa shape index (κ2) is 8.50. The van der Waals surface area contributed by atoms with Gasteiger partial charge >= 0.3 is 0 Å². The fraction of sp³-hybridized carbons (Fsp3) is 0.562. The van der Waals surface area contributed by atoms with E-state index in [1.54, 1.807) is 0 Å². The van der Waals surface area contributed by atoms with E-state index in [0.717, 1.165) is 50.1 Å². The highest BCUT2D eigenvalue weighted by Crippen LogP contribution is 2.14. The number of aliphatic imine (C=N–C) groups is 1. The van der Waals surface area contributed by atoms with Crippen molar-refractivity contribution in [2.45, 2.75) is 39.4 Å². The third kappa shape index (κ3) is 4.08. The van der Waals surface area contributed by atoms with Gasteiger partial charge in [0.2, 0.25) is 0 Å². The van der Waals surface area contributed by atoms with Crippen LogP contribution in [0.5, 0.6) is 0 Å². The van der Waals surface area contributed by atoms with E-state index in [0.29, 0.717) is 6.54 Å². The lowest BCUT2D eigenvalue weighted by atomic mass is 10.4. The number of nitrogens with one attached hydrogen (secondary N) is 1. The molecule has 0 unspecified atom stereocenters. The number of hydrogen-bond acceptors (Lipinski definition) is 3. The molecule has 7 nitrogen and oxygen atoms in total. The van der Waals surface area contributed by atoms with Crippen LogP contribution in [0.15, 0.2) is 23.3 Å². The molecule has 2 aromatic heterocycles. The molecular weight excluding hydrogens is 417 g/mol. The van der Waals surface area contributed by atoms with Gasteiger partial charge in [0.25, 0.3) is 0 Å². The zero-order valence-corrected chi connectivity index (χ0v) is 16.9. The summed E-state index contributed by atoms with van der Waals surface area (Å²) in [5.74, 6) is 2.95. The number of halogens is 1. The standard InChI is InChI=1S/C16H25N7.HI/c1-4-17-16(22(3)12-13-7-5-9-21(13)2)18-11-15-20-19-14-8-6-10-23(14)15;/h5,7,9H,4,6,8,10-12H2,1-3H3,(H,17,18);1H. The largest absolute Gasteiger partial charge is 0.357 e. The van der Waals surface area contributed by atoms with Crippen molar-refractivity contribution in [2.24, 2.45) is 12.0 Å². The third-order valence-electron chi connectivity index (χ3n) is 4.20. The summed E-state index contributed by atoms with van der Waals surface area (Å²) in [7, 11) is 4.12. The molecule has 0 spiro atoms. The maximum Gasteiger partial charge on any atom is 0.194 e. The second-order valence-electron chi connectivity index (χ2n) is 5.92. The second-order valence-corrected chi connectivity index (χ2v) is 5.92. The lowest BCUT2D eigenvalue weighted by Gasteiger charge is -2.22. The van der Waals surface area contributed by atoms with Crippen molar-refractivity contribution >= 4 is 29.9 Å². The minimum atomic E-state index is 0. The van der Waals surface area contributed by atoms with Gasteiger partial charge in [-0.3, -0.25) is 0 Å². The molecule has 8 heteroatoms. The lowest BCUT2D eigenvalue weighted by Crippen LogP contribution is -2.38. The van der Waals surface area contributed by atoms with E-state index in [1.165, 1.54) is 5.69 Å². The molecule has 0 fully saturated rings. The van der Waals surface area contributed by atoms with E-state index in [9.17, 15) is 0 Å². The van der Waals surface area contributed by atoms with Crippen LogP contribution in [0.3, 0.4) is 0 Å². The molecule has 1 aliphatic heterocycles. The highest BCUT2D eigenvalue weighted by atomic mass is 127. The van der Waals surface area contributed by atoms with Gasteiger partial charge in [0.05, 0.1) is 6.54 Å². The number of guanidine groups is 1. The van der Waals surface area contributed by atoms with E-state index in [1.807, 2.05) is 0 Å². The maximum absolute atomic E-state index is 4.74. The molecule has 1 aliphatic rings. The van der Waals surface area contributed by atoms with Crippen LogP contribution >= 0.6 is 24.0 Å². The average molecular weight is 443 g/mol. The Morgan fingerprint density at radius 1 is 1.42 bits per heavy atom. The molecule has 0 radical (unpaired) electrons. The number of rotatable bonds is 5. The van der Waals surface area contributed by atoms with E-state index in [-0.39, 0.29) is 24.0 Å². The van der Waals surface area contributed by atoms with E-state index in [4.69, 9.17) is 4.99 Å². The van der Waals surface area contributed by atoms with Gasteiger partial charge in [0.1, 0.15) is 12.4 Å². The molecule has 0 bridgehead atoms. The molecule has 132 valence electrons. The molecule has 0 aromatic carbocycles. The summed E-state index contributed by atoms with van der Waals surface area (Å²) in [6.45, 7) is 5.32. The molecule has 0 amide bonds. The first-order chi connectivity index (χ1) is 11.2. The van der Waals surface area contributed by atoms with Crippen LogP contribution in [-0.2, 0) is 33.1 Å². The number of aromatic nitrogens is 4. The smallest absolute Gasteiger partial charge is 0.194 e. The average Bonchev–Trinajstić information content (AvgIpc) is 3.22. The van der Waals surface area contributed by atoms with Crippen LogP contribution in [0.4, 0.5) is 0 Å². The van der Waals surface area contributed by atoms with Crippen LogP contribution in [-0.4, -0.2) is 43.8 Å². The molecule has 0 saturated heterocycles. The number of aryl methyl sites for hydroxylation is 2. The van der Waals surface area contributed by atoms with Crippen LogP contribution < -0.4 is 5.32 Å². The van der Waals surface area contributed by atoms with Crippen LogP contribution in [0, 0.1) is 0 Å². The zero-order chi connectivity index (χ0) is 16.2. The Labute approximate surface area is 160 Å². The predicted octanol–water partition coefficient (Wildman–Crippen LogP) is 1.78.